The van der Waals surface area contributed by atoms with Crippen LogP contribution < -0.4 is 11.1 Å². The molecule has 1 amide bonds. The van der Waals surface area contributed by atoms with Gasteiger partial charge in [0.2, 0.25) is 0 Å². The number of nitrogens with two attached hydrogens (primary N) is 1. The van der Waals surface area contributed by atoms with Crippen molar-refractivity contribution in [3.05, 3.63) is 6.33 Å². The molecule has 0 spiro atoms. The smallest absolute Gasteiger partial charge is 0.252 e. The minimum absolute atomic E-state index is 0.205. The summed E-state index contributed by atoms with van der Waals surface area (Å²) in [5, 5.41) is 23.4. The Morgan fingerprint density at radius 2 is 2.21 bits per heavy atom. The van der Waals surface area contributed by atoms with Crippen molar-refractivity contribution in [1.29, 1.82) is 0 Å². The van der Waals surface area contributed by atoms with Gasteiger partial charge in [-0.25, -0.2) is 15.0 Å². The molecule has 24 heavy (non-hydrogen) atoms. The van der Waals surface area contributed by atoms with Gasteiger partial charge >= 0.3 is 0 Å². The van der Waals surface area contributed by atoms with E-state index in [9.17, 15) is 15.0 Å². The molecule has 2 aromatic rings. The molecule has 3 heterocycles. The second kappa shape index (κ2) is 6.51. The Kier molecular flexibility index (Phi) is 4.58. The predicted molar refractivity (Wildman–Crippen MR) is 86.1 cm³/mol. The Morgan fingerprint density at radius 3 is 2.88 bits per heavy atom. The highest BCUT2D eigenvalue weighted by Gasteiger charge is 2.47. The van der Waals surface area contributed by atoms with E-state index in [-0.39, 0.29) is 5.82 Å². The molecular formula is C13H18N6O4S. The molecule has 5 N–H and O–H groups in total. The van der Waals surface area contributed by atoms with Gasteiger partial charge in [0.25, 0.3) is 5.91 Å². The van der Waals surface area contributed by atoms with Gasteiger partial charge in [-0.05, 0) is 13.2 Å². The number of nitrogens with zero attached hydrogens (tertiary/aromatic N) is 4. The Hall–Kier alpha value is -1.95. The van der Waals surface area contributed by atoms with Crippen LogP contribution in [-0.4, -0.2) is 66.8 Å². The molecule has 0 aromatic carbocycles. The number of likely N-dealkylation sites (N-methyl/N-ethyl adjacent to an activating group) is 1. The first-order valence-corrected chi connectivity index (χ1v) is 8.53. The number of aromatic nitrogens is 4. The lowest BCUT2D eigenvalue weighted by molar-refractivity contribution is -0.137. The highest BCUT2D eigenvalue weighted by Crippen LogP contribution is 2.32. The van der Waals surface area contributed by atoms with Crippen LogP contribution in [0.15, 0.2) is 11.5 Å². The van der Waals surface area contributed by atoms with E-state index in [0.29, 0.717) is 22.9 Å². The van der Waals surface area contributed by atoms with Gasteiger partial charge in [-0.2, -0.15) is 0 Å². The number of amides is 1. The van der Waals surface area contributed by atoms with Crippen molar-refractivity contribution in [2.45, 2.75) is 36.6 Å². The molecule has 0 saturated carbocycles. The number of hydrogen-bond donors (Lipinski definition) is 4. The van der Waals surface area contributed by atoms with Crippen molar-refractivity contribution >= 4 is 34.7 Å². The lowest BCUT2D eigenvalue weighted by Crippen LogP contribution is -2.42. The summed E-state index contributed by atoms with van der Waals surface area (Å²) in [4.78, 5) is 24.5. The Balaban J connectivity index is 1.98. The van der Waals surface area contributed by atoms with Crippen molar-refractivity contribution in [2.24, 2.45) is 0 Å². The van der Waals surface area contributed by atoms with E-state index in [1.165, 1.54) is 22.7 Å². The van der Waals surface area contributed by atoms with Crippen molar-refractivity contribution in [1.82, 2.24) is 24.8 Å². The van der Waals surface area contributed by atoms with E-state index >= 15 is 0 Å². The van der Waals surface area contributed by atoms with Gasteiger partial charge in [-0.1, -0.05) is 11.8 Å². The van der Waals surface area contributed by atoms with Crippen LogP contribution in [0.3, 0.4) is 0 Å². The molecular weight excluding hydrogens is 336 g/mol. The molecule has 0 bridgehead atoms. The second-order valence-electron chi connectivity index (χ2n) is 5.24. The summed E-state index contributed by atoms with van der Waals surface area (Å²) < 4.78 is 7.01. The zero-order valence-corrected chi connectivity index (χ0v) is 13.9. The van der Waals surface area contributed by atoms with Crippen LogP contribution >= 0.6 is 11.8 Å². The predicted octanol–water partition coefficient (Wildman–Crippen LogP) is -1.11. The molecule has 4 atom stereocenters. The van der Waals surface area contributed by atoms with Crippen LogP contribution in [0.2, 0.25) is 0 Å². The summed E-state index contributed by atoms with van der Waals surface area (Å²) in [6.07, 6.45) is -1.68. The zero-order chi connectivity index (χ0) is 17.4. The number of carbonyl (C=O) groups is 1. The highest BCUT2D eigenvalue weighted by atomic mass is 32.2. The van der Waals surface area contributed by atoms with Gasteiger partial charge < -0.3 is 26.0 Å². The van der Waals surface area contributed by atoms with Crippen LogP contribution in [0.25, 0.3) is 11.2 Å². The van der Waals surface area contributed by atoms with E-state index in [0.717, 1.165) is 0 Å². The van der Waals surface area contributed by atoms with Crippen LogP contribution in [0.1, 0.15) is 13.2 Å². The first kappa shape index (κ1) is 16.9. The number of hydrogen-bond acceptors (Lipinski definition) is 9. The van der Waals surface area contributed by atoms with E-state index in [1.807, 2.05) is 0 Å². The molecule has 2 unspecified atom stereocenters. The number of thioether (sulfide) groups is 1. The average Bonchev–Trinajstić information content (AvgIpc) is 3.10. The third-order valence-electron chi connectivity index (χ3n) is 3.73. The second-order valence-corrected chi connectivity index (χ2v) is 6.02. The molecule has 1 aliphatic rings. The van der Waals surface area contributed by atoms with Crippen molar-refractivity contribution in [3.63, 3.8) is 0 Å². The van der Waals surface area contributed by atoms with Crippen LogP contribution in [-0.2, 0) is 9.53 Å². The minimum Gasteiger partial charge on any atom is -0.387 e. The number of rotatable bonds is 4. The number of ether oxygens (including phenoxy) is 1. The molecule has 1 fully saturated rings. The SMILES string of the molecule is CCNC(=O)[C@H]1O[C@@H](n2cnc3c(N)nc(SC)nc32)C(O)C1O. The molecule has 2 aromatic heterocycles. The third kappa shape index (κ3) is 2.69. The third-order valence-corrected chi connectivity index (χ3v) is 4.28. The quantitative estimate of drug-likeness (QED) is 0.396. The summed E-state index contributed by atoms with van der Waals surface area (Å²) in [5.74, 6) is -0.286. The molecule has 1 aliphatic heterocycles. The van der Waals surface area contributed by atoms with Crippen LogP contribution in [0.4, 0.5) is 5.82 Å². The molecule has 11 heteroatoms. The summed E-state index contributed by atoms with van der Waals surface area (Å²) in [6.45, 7) is 2.14. The maximum atomic E-state index is 12.0. The number of anilines is 1. The fourth-order valence-electron chi connectivity index (χ4n) is 2.58. The van der Waals surface area contributed by atoms with Crippen LogP contribution in [0.5, 0.6) is 0 Å². The summed E-state index contributed by atoms with van der Waals surface area (Å²) in [7, 11) is 0. The van der Waals surface area contributed by atoms with E-state index < -0.39 is 30.4 Å². The summed E-state index contributed by atoms with van der Waals surface area (Å²) >= 11 is 1.31. The molecule has 3 rings (SSSR count). The van der Waals surface area contributed by atoms with Gasteiger partial charge in [0, 0.05) is 6.54 Å². The number of aliphatic hydroxyl groups excluding tert-OH is 2. The molecule has 10 nitrogen and oxygen atoms in total. The number of fused-ring (bicyclic) bond motifs is 1. The molecule has 0 aliphatic carbocycles. The fourth-order valence-corrected chi connectivity index (χ4v) is 2.94. The normalized spacial score (nSPS) is 26.8. The number of nitrogens with one attached hydrogen (secondary N) is 1. The first-order chi connectivity index (χ1) is 11.5. The Morgan fingerprint density at radius 1 is 1.46 bits per heavy atom. The summed E-state index contributed by atoms with van der Waals surface area (Å²) in [6, 6.07) is 0. The number of aliphatic hydroxyl groups is 2. The van der Waals surface area contributed by atoms with E-state index in [1.54, 1.807) is 13.2 Å². The molecule has 0 radical (unpaired) electrons. The zero-order valence-electron chi connectivity index (χ0n) is 13.1. The molecule has 1 saturated heterocycles. The first-order valence-electron chi connectivity index (χ1n) is 7.31. The van der Waals surface area contributed by atoms with E-state index in [2.05, 4.69) is 20.3 Å². The monoisotopic (exact) mass is 354 g/mol. The Bertz CT molecular complexity index is 768. The maximum absolute atomic E-state index is 12.0. The highest BCUT2D eigenvalue weighted by molar-refractivity contribution is 7.98. The van der Waals surface area contributed by atoms with Gasteiger partial charge in [0.15, 0.2) is 29.0 Å². The Labute approximate surface area is 141 Å². The maximum Gasteiger partial charge on any atom is 0.252 e. The van der Waals surface area contributed by atoms with E-state index in [4.69, 9.17) is 10.5 Å². The standard InChI is InChI=1S/C13H18N6O4S/c1-3-15-11(22)8-6(20)7(21)12(23-8)19-4-16-5-9(14)17-13(24-2)18-10(5)19/h4,6-8,12,20-21H,3H2,1-2H3,(H,15,22)(H2,14,17,18)/t6?,7?,8-,12+/m0/s1. The summed E-state index contributed by atoms with van der Waals surface area (Å²) in [5.41, 5.74) is 6.59. The minimum atomic E-state index is -1.36. The fraction of sp³-hybridized carbons (Fsp3) is 0.538. The average molecular weight is 354 g/mol. The lowest BCUT2D eigenvalue weighted by Gasteiger charge is -2.16. The topological polar surface area (TPSA) is 148 Å². The lowest BCUT2D eigenvalue weighted by atomic mass is 10.1. The number of carbonyl (C=O) groups excluding carboxylic acids is 1. The van der Waals surface area contributed by atoms with Gasteiger partial charge in [-0.3, -0.25) is 9.36 Å². The van der Waals surface area contributed by atoms with Crippen molar-refractivity contribution in [2.75, 3.05) is 18.5 Å². The van der Waals surface area contributed by atoms with Crippen molar-refractivity contribution < 1.29 is 19.7 Å². The van der Waals surface area contributed by atoms with Crippen LogP contribution in [0, 0.1) is 0 Å². The number of imidazole rings is 1. The van der Waals surface area contributed by atoms with Gasteiger partial charge in [0.1, 0.15) is 17.7 Å². The van der Waals surface area contributed by atoms with Gasteiger partial charge in [0.05, 0.1) is 6.33 Å². The largest absolute Gasteiger partial charge is 0.387 e. The molecule has 130 valence electrons. The van der Waals surface area contributed by atoms with Crippen molar-refractivity contribution in [3.8, 4) is 0 Å². The number of nitrogen functional groups attached to an aromatic ring is 1. The van der Waals surface area contributed by atoms with Gasteiger partial charge in [-0.15, -0.1) is 0 Å².